The molecule has 0 bridgehead atoms. The number of aromatic nitrogens is 1. The molecule has 3 aliphatic rings. The minimum atomic E-state index is -0.216. The van der Waals surface area contributed by atoms with Crippen molar-refractivity contribution in [3.8, 4) is 5.75 Å². The van der Waals surface area contributed by atoms with Crippen molar-refractivity contribution in [1.29, 1.82) is 0 Å². The van der Waals surface area contributed by atoms with Crippen LogP contribution < -0.4 is 15.4 Å². The number of ether oxygens (including phenoxy) is 1. The van der Waals surface area contributed by atoms with E-state index in [-0.39, 0.29) is 18.0 Å². The summed E-state index contributed by atoms with van der Waals surface area (Å²) in [6.07, 6.45) is 6.85. The molecule has 2 N–H and O–H groups in total. The molecular formula is C15H17N5O2. The van der Waals surface area contributed by atoms with Gasteiger partial charge in [0.2, 0.25) is 0 Å². The van der Waals surface area contributed by atoms with Crippen LogP contribution in [-0.4, -0.2) is 54.3 Å². The Bertz CT molecular complexity index is 657. The molecule has 1 aromatic heterocycles. The topological polar surface area (TPSA) is 78.8 Å². The molecule has 7 nitrogen and oxygen atoms in total. The standard InChI is InChI=1S/C15H17N5O2/c21-15-13-12(22-9-10-7-17-5-6-20(10)15)1-2-19-14(13)11-8-16-3-4-18-11/h1-4,8,10-11,17-18H,5-7,9H2. The number of amides is 1. The minimum absolute atomic E-state index is 0.00754. The lowest BCUT2D eigenvalue weighted by molar-refractivity contribution is 0.0605. The maximum atomic E-state index is 13.0. The van der Waals surface area contributed by atoms with Gasteiger partial charge in [-0.2, -0.15) is 0 Å². The summed E-state index contributed by atoms with van der Waals surface area (Å²) in [5.74, 6) is 0.598. The number of nitrogens with zero attached hydrogens (tertiary/aromatic N) is 3. The lowest BCUT2D eigenvalue weighted by Crippen LogP contribution is -2.55. The van der Waals surface area contributed by atoms with E-state index < -0.39 is 0 Å². The Hall–Kier alpha value is -2.41. The summed E-state index contributed by atoms with van der Waals surface area (Å²) < 4.78 is 5.89. The van der Waals surface area contributed by atoms with Crippen LogP contribution in [0.5, 0.6) is 5.75 Å². The maximum absolute atomic E-state index is 13.0. The van der Waals surface area contributed by atoms with Gasteiger partial charge in [0, 0.05) is 44.4 Å². The van der Waals surface area contributed by atoms with Crippen LogP contribution in [0, 0.1) is 0 Å². The fourth-order valence-electron chi connectivity index (χ4n) is 3.06. The molecule has 1 fully saturated rings. The van der Waals surface area contributed by atoms with Gasteiger partial charge in [-0.25, -0.2) is 0 Å². The van der Waals surface area contributed by atoms with Crippen LogP contribution in [0.15, 0.2) is 29.7 Å². The predicted molar refractivity (Wildman–Crippen MR) is 80.9 cm³/mol. The van der Waals surface area contributed by atoms with Crippen molar-refractivity contribution in [3.05, 3.63) is 35.9 Å². The van der Waals surface area contributed by atoms with Crippen LogP contribution >= 0.6 is 0 Å². The molecule has 3 aliphatic heterocycles. The molecule has 2 unspecified atom stereocenters. The highest BCUT2D eigenvalue weighted by molar-refractivity contribution is 5.99. The number of piperazine rings is 1. The van der Waals surface area contributed by atoms with E-state index in [1.54, 1.807) is 30.9 Å². The molecule has 2 atom stereocenters. The van der Waals surface area contributed by atoms with E-state index in [2.05, 4.69) is 20.6 Å². The van der Waals surface area contributed by atoms with Crippen molar-refractivity contribution < 1.29 is 9.53 Å². The molecule has 1 aromatic rings. The van der Waals surface area contributed by atoms with Gasteiger partial charge in [-0.1, -0.05) is 0 Å². The van der Waals surface area contributed by atoms with E-state index in [4.69, 9.17) is 4.74 Å². The Labute approximate surface area is 128 Å². The third kappa shape index (κ3) is 2.14. The molecule has 0 saturated carbocycles. The average molecular weight is 299 g/mol. The molecule has 22 heavy (non-hydrogen) atoms. The van der Waals surface area contributed by atoms with Crippen LogP contribution in [0.2, 0.25) is 0 Å². The van der Waals surface area contributed by atoms with Gasteiger partial charge in [0.25, 0.3) is 5.91 Å². The van der Waals surface area contributed by atoms with Crippen molar-refractivity contribution in [2.45, 2.75) is 12.1 Å². The number of nitrogens with one attached hydrogen (secondary N) is 2. The first kappa shape index (κ1) is 13.3. The van der Waals surface area contributed by atoms with Crippen molar-refractivity contribution in [2.75, 3.05) is 26.2 Å². The van der Waals surface area contributed by atoms with Crippen molar-refractivity contribution >= 4 is 12.1 Å². The van der Waals surface area contributed by atoms with Gasteiger partial charge in [-0.3, -0.25) is 14.8 Å². The van der Waals surface area contributed by atoms with E-state index in [1.165, 1.54) is 0 Å². The summed E-state index contributed by atoms with van der Waals surface area (Å²) >= 11 is 0. The molecule has 0 radical (unpaired) electrons. The molecule has 114 valence electrons. The monoisotopic (exact) mass is 299 g/mol. The smallest absolute Gasteiger partial charge is 0.260 e. The lowest BCUT2D eigenvalue weighted by atomic mass is 10.0. The summed E-state index contributed by atoms with van der Waals surface area (Å²) in [5, 5.41) is 6.47. The summed E-state index contributed by atoms with van der Waals surface area (Å²) in [6.45, 7) is 2.75. The summed E-state index contributed by atoms with van der Waals surface area (Å²) in [7, 11) is 0. The number of hydrogen-bond donors (Lipinski definition) is 2. The summed E-state index contributed by atoms with van der Waals surface area (Å²) in [6, 6.07) is 1.61. The van der Waals surface area contributed by atoms with Crippen molar-refractivity contribution in [2.24, 2.45) is 4.99 Å². The van der Waals surface area contributed by atoms with E-state index in [0.717, 1.165) is 13.1 Å². The Balaban J connectivity index is 1.77. The molecule has 0 spiro atoms. The van der Waals surface area contributed by atoms with Gasteiger partial charge in [0.15, 0.2) is 0 Å². The predicted octanol–water partition coefficient (Wildman–Crippen LogP) is 0.0743. The van der Waals surface area contributed by atoms with Crippen molar-refractivity contribution in [1.82, 2.24) is 20.5 Å². The SMILES string of the molecule is O=C1c2c(ccnc2C2C=NC=CN2)OCC2CNCCN12. The second-order valence-electron chi connectivity index (χ2n) is 5.50. The minimum Gasteiger partial charge on any atom is -0.490 e. The van der Waals surface area contributed by atoms with Crippen LogP contribution in [0.3, 0.4) is 0 Å². The van der Waals surface area contributed by atoms with E-state index in [1.807, 2.05) is 4.90 Å². The fraction of sp³-hybridized carbons (Fsp3) is 0.400. The molecule has 0 aromatic carbocycles. The van der Waals surface area contributed by atoms with Gasteiger partial charge >= 0.3 is 0 Å². The lowest BCUT2D eigenvalue weighted by Gasteiger charge is -2.34. The third-order valence-corrected chi connectivity index (χ3v) is 4.16. The number of rotatable bonds is 1. The van der Waals surface area contributed by atoms with Gasteiger partial charge in [-0.05, 0) is 6.07 Å². The molecule has 4 heterocycles. The van der Waals surface area contributed by atoms with Crippen LogP contribution in [0.4, 0.5) is 0 Å². The summed E-state index contributed by atoms with van der Waals surface area (Å²) in [5.41, 5.74) is 1.21. The second kappa shape index (κ2) is 5.42. The van der Waals surface area contributed by atoms with Crippen LogP contribution in [0.25, 0.3) is 0 Å². The Kier molecular flexibility index (Phi) is 3.27. The number of hydrogen-bond acceptors (Lipinski definition) is 6. The zero-order valence-corrected chi connectivity index (χ0v) is 12.0. The molecule has 1 saturated heterocycles. The molecule has 4 rings (SSSR count). The van der Waals surface area contributed by atoms with Crippen LogP contribution in [0.1, 0.15) is 22.1 Å². The average Bonchev–Trinajstić information content (AvgIpc) is 2.73. The maximum Gasteiger partial charge on any atom is 0.260 e. The zero-order valence-electron chi connectivity index (χ0n) is 12.0. The van der Waals surface area contributed by atoms with Gasteiger partial charge in [0.05, 0.1) is 11.7 Å². The highest BCUT2D eigenvalue weighted by Gasteiger charge is 2.35. The van der Waals surface area contributed by atoms with Gasteiger partial charge in [-0.15, -0.1) is 0 Å². The normalized spacial score (nSPS) is 26.5. The Morgan fingerprint density at radius 2 is 2.36 bits per heavy atom. The Morgan fingerprint density at radius 3 is 3.23 bits per heavy atom. The summed E-state index contributed by atoms with van der Waals surface area (Å²) in [4.78, 5) is 23.5. The van der Waals surface area contributed by atoms with Gasteiger partial charge < -0.3 is 20.3 Å². The molecule has 7 heteroatoms. The molecule has 1 amide bonds. The first-order chi connectivity index (χ1) is 10.8. The first-order valence-electron chi connectivity index (χ1n) is 7.42. The molecular weight excluding hydrogens is 282 g/mol. The van der Waals surface area contributed by atoms with Gasteiger partial charge in [0.1, 0.15) is 24.0 Å². The number of aliphatic imine (C=N–C) groups is 1. The van der Waals surface area contributed by atoms with Crippen LogP contribution in [-0.2, 0) is 0 Å². The highest BCUT2D eigenvalue weighted by atomic mass is 16.5. The number of carbonyl (C=O) groups is 1. The largest absolute Gasteiger partial charge is 0.490 e. The highest BCUT2D eigenvalue weighted by Crippen LogP contribution is 2.30. The first-order valence-corrected chi connectivity index (χ1v) is 7.42. The van der Waals surface area contributed by atoms with E-state index >= 15 is 0 Å². The Morgan fingerprint density at radius 1 is 1.41 bits per heavy atom. The number of carbonyl (C=O) groups excluding carboxylic acids is 1. The fourth-order valence-corrected chi connectivity index (χ4v) is 3.06. The third-order valence-electron chi connectivity index (χ3n) is 4.16. The quantitative estimate of drug-likeness (QED) is 0.767. The zero-order chi connectivity index (χ0) is 14.9. The van der Waals surface area contributed by atoms with E-state index in [0.29, 0.717) is 30.2 Å². The second-order valence-corrected chi connectivity index (χ2v) is 5.50. The number of fused-ring (bicyclic) bond motifs is 2. The molecule has 0 aliphatic carbocycles. The van der Waals surface area contributed by atoms with E-state index in [9.17, 15) is 4.79 Å². The number of pyridine rings is 1. The van der Waals surface area contributed by atoms with Crippen molar-refractivity contribution in [3.63, 3.8) is 0 Å².